The minimum Gasteiger partial charge on any atom is -0.454 e. The summed E-state index contributed by atoms with van der Waals surface area (Å²) in [5.41, 5.74) is 4.08. The second kappa shape index (κ2) is 11.0. The third-order valence-corrected chi connectivity index (χ3v) is 5.34. The topological polar surface area (TPSA) is 135 Å². The Morgan fingerprint density at radius 1 is 1.03 bits per heavy atom. The molecule has 0 bridgehead atoms. The Hall–Kier alpha value is -5.19. The Morgan fingerprint density at radius 2 is 1.70 bits per heavy atom. The minimum absolute atomic E-state index is 0.0470. The number of rotatable bonds is 8. The zero-order chi connectivity index (χ0) is 26.4. The van der Waals surface area contributed by atoms with E-state index < -0.39 is 16.7 Å². The molecule has 3 aromatic rings. The fourth-order valence-corrected chi connectivity index (χ4v) is 3.41. The molecule has 0 fully saturated rings. The molecule has 0 saturated heterocycles. The van der Waals surface area contributed by atoms with Crippen LogP contribution in [0.4, 0.5) is 11.4 Å². The van der Waals surface area contributed by atoms with Crippen LogP contribution < -0.4 is 25.1 Å². The van der Waals surface area contributed by atoms with E-state index in [4.69, 9.17) is 9.47 Å². The number of hydrazone groups is 1. The summed E-state index contributed by atoms with van der Waals surface area (Å²) in [5.74, 6) is -0.625. The number of hydrogen-bond donors (Lipinski definition) is 2. The zero-order valence-corrected chi connectivity index (χ0v) is 20.0. The van der Waals surface area contributed by atoms with Gasteiger partial charge in [0.15, 0.2) is 11.5 Å². The van der Waals surface area contributed by atoms with Crippen molar-refractivity contribution in [3.05, 3.63) is 99.2 Å². The smallest absolute Gasteiger partial charge is 0.287 e. The quantitative estimate of drug-likeness (QED) is 0.209. The molecule has 0 unspecified atom stereocenters. The molecule has 11 nitrogen and oxygen atoms in total. The molecule has 1 aliphatic rings. The summed E-state index contributed by atoms with van der Waals surface area (Å²) in [4.78, 5) is 38.5. The number of amides is 2. The molecule has 1 heterocycles. The zero-order valence-electron chi connectivity index (χ0n) is 20.0. The van der Waals surface area contributed by atoms with E-state index in [1.807, 2.05) is 31.1 Å². The number of carbonyl (C=O) groups is 2. The molecule has 0 atom stereocenters. The van der Waals surface area contributed by atoms with Crippen LogP contribution in [0.15, 0.2) is 77.5 Å². The average Bonchev–Trinajstić information content (AvgIpc) is 3.36. The lowest BCUT2D eigenvalue weighted by Gasteiger charge is -2.12. The van der Waals surface area contributed by atoms with Crippen LogP contribution in [0.1, 0.15) is 21.5 Å². The summed E-state index contributed by atoms with van der Waals surface area (Å²) in [6.07, 6.45) is 2.63. The van der Waals surface area contributed by atoms with E-state index in [0.717, 1.165) is 11.9 Å². The van der Waals surface area contributed by atoms with Crippen LogP contribution in [0.5, 0.6) is 11.5 Å². The fraction of sp³-hybridized carbons (Fsp3) is 0.115. The Balaban J connectivity index is 1.57. The van der Waals surface area contributed by atoms with Gasteiger partial charge in [0.05, 0.1) is 22.8 Å². The standard InChI is InChI=1S/C26H23N5O6/c1-30(2)20-10-8-17(9-11-20)12-21(28-25(32)18-6-4-3-5-7-18)26(33)29-27-15-19-13-23-24(37-16-36-23)14-22(19)31(34)35/h3-15H,16H2,1-2H3,(H,28,32)(H,29,33). The van der Waals surface area contributed by atoms with Crippen LogP contribution in [0.2, 0.25) is 0 Å². The van der Waals surface area contributed by atoms with E-state index in [2.05, 4.69) is 15.8 Å². The van der Waals surface area contributed by atoms with E-state index in [-0.39, 0.29) is 29.5 Å². The van der Waals surface area contributed by atoms with Crippen LogP contribution in [-0.4, -0.2) is 43.8 Å². The van der Waals surface area contributed by atoms with Crippen LogP contribution in [-0.2, 0) is 4.79 Å². The van der Waals surface area contributed by atoms with E-state index in [0.29, 0.717) is 16.9 Å². The van der Waals surface area contributed by atoms with Crippen molar-refractivity contribution in [2.75, 3.05) is 25.8 Å². The molecule has 0 aliphatic carbocycles. The molecule has 2 N–H and O–H groups in total. The highest BCUT2D eigenvalue weighted by atomic mass is 16.7. The van der Waals surface area contributed by atoms with Gasteiger partial charge in [0, 0.05) is 25.3 Å². The van der Waals surface area contributed by atoms with Gasteiger partial charge in [-0.3, -0.25) is 19.7 Å². The molecule has 11 heteroatoms. The summed E-state index contributed by atoms with van der Waals surface area (Å²) in [7, 11) is 3.82. The van der Waals surface area contributed by atoms with E-state index in [1.54, 1.807) is 42.5 Å². The van der Waals surface area contributed by atoms with E-state index >= 15 is 0 Å². The Morgan fingerprint density at radius 3 is 2.35 bits per heavy atom. The summed E-state index contributed by atoms with van der Waals surface area (Å²) < 4.78 is 10.4. The maximum absolute atomic E-state index is 13.0. The van der Waals surface area contributed by atoms with Crippen molar-refractivity contribution in [1.82, 2.24) is 10.7 Å². The lowest BCUT2D eigenvalue weighted by atomic mass is 10.1. The number of nitrogens with zero attached hydrogens (tertiary/aromatic N) is 3. The van der Waals surface area contributed by atoms with Crippen molar-refractivity contribution in [3.8, 4) is 11.5 Å². The monoisotopic (exact) mass is 501 g/mol. The number of fused-ring (bicyclic) bond motifs is 1. The van der Waals surface area contributed by atoms with Crippen molar-refractivity contribution < 1.29 is 24.0 Å². The fourth-order valence-electron chi connectivity index (χ4n) is 3.41. The molecule has 0 saturated carbocycles. The molecule has 0 radical (unpaired) electrons. The maximum Gasteiger partial charge on any atom is 0.287 e. The molecule has 1 aliphatic heterocycles. The highest BCUT2D eigenvalue weighted by Gasteiger charge is 2.22. The molecular weight excluding hydrogens is 478 g/mol. The summed E-state index contributed by atoms with van der Waals surface area (Å²) in [5, 5.41) is 17.9. The van der Waals surface area contributed by atoms with Gasteiger partial charge in [-0.1, -0.05) is 30.3 Å². The second-order valence-corrected chi connectivity index (χ2v) is 8.08. The lowest BCUT2D eigenvalue weighted by Crippen LogP contribution is -2.32. The first-order valence-corrected chi connectivity index (χ1v) is 11.1. The van der Waals surface area contributed by atoms with Gasteiger partial charge < -0.3 is 19.7 Å². The second-order valence-electron chi connectivity index (χ2n) is 8.08. The molecule has 188 valence electrons. The SMILES string of the molecule is CN(C)c1ccc(C=C(NC(=O)c2ccccc2)C(=O)NN=Cc2cc3c(cc2[N+](=O)[O-])OCO3)cc1. The molecule has 4 rings (SSSR count). The van der Waals surface area contributed by atoms with Gasteiger partial charge in [-0.15, -0.1) is 0 Å². The predicted octanol–water partition coefficient (Wildman–Crippen LogP) is 3.31. The predicted molar refractivity (Wildman–Crippen MR) is 138 cm³/mol. The largest absolute Gasteiger partial charge is 0.454 e. The van der Waals surface area contributed by atoms with Crippen molar-refractivity contribution >= 4 is 35.5 Å². The van der Waals surface area contributed by atoms with Gasteiger partial charge in [0.1, 0.15) is 5.70 Å². The normalized spacial score (nSPS) is 12.3. The van der Waals surface area contributed by atoms with E-state index in [9.17, 15) is 19.7 Å². The molecule has 37 heavy (non-hydrogen) atoms. The molecule has 3 aromatic carbocycles. The van der Waals surface area contributed by atoms with Gasteiger partial charge in [0.2, 0.25) is 6.79 Å². The van der Waals surface area contributed by atoms with Crippen molar-refractivity contribution in [2.24, 2.45) is 5.10 Å². The first kappa shape index (κ1) is 24.9. The summed E-state index contributed by atoms with van der Waals surface area (Å²) in [6.45, 7) is -0.0470. The van der Waals surface area contributed by atoms with Crippen LogP contribution in [0, 0.1) is 10.1 Å². The average molecular weight is 501 g/mol. The molecule has 0 spiro atoms. The minimum atomic E-state index is -0.722. The van der Waals surface area contributed by atoms with Crippen LogP contribution in [0.25, 0.3) is 6.08 Å². The third kappa shape index (κ3) is 6.09. The van der Waals surface area contributed by atoms with Crippen LogP contribution >= 0.6 is 0 Å². The number of benzene rings is 3. The number of anilines is 1. The molecule has 0 aromatic heterocycles. The molecular formula is C26H23N5O6. The first-order chi connectivity index (χ1) is 17.8. The highest BCUT2D eigenvalue weighted by molar-refractivity contribution is 6.05. The lowest BCUT2D eigenvalue weighted by molar-refractivity contribution is -0.385. The third-order valence-electron chi connectivity index (χ3n) is 5.34. The van der Waals surface area contributed by atoms with Gasteiger partial charge >= 0.3 is 0 Å². The number of nitro benzene ring substituents is 1. The maximum atomic E-state index is 13.0. The van der Waals surface area contributed by atoms with Crippen molar-refractivity contribution in [2.45, 2.75) is 0 Å². The summed E-state index contributed by atoms with van der Waals surface area (Å²) in [6, 6.07) is 18.4. The van der Waals surface area contributed by atoms with Gasteiger partial charge in [-0.2, -0.15) is 5.10 Å². The van der Waals surface area contributed by atoms with Crippen molar-refractivity contribution in [1.29, 1.82) is 0 Å². The van der Waals surface area contributed by atoms with Gasteiger partial charge in [-0.05, 0) is 42.0 Å². The summed E-state index contributed by atoms with van der Waals surface area (Å²) >= 11 is 0. The van der Waals surface area contributed by atoms with Crippen molar-refractivity contribution in [3.63, 3.8) is 0 Å². The van der Waals surface area contributed by atoms with Crippen LogP contribution in [0.3, 0.4) is 0 Å². The first-order valence-electron chi connectivity index (χ1n) is 11.1. The van der Waals surface area contributed by atoms with Gasteiger partial charge in [0.25, 0.3) is 17.5 Å². The van der Waals surface area contributed by atoms with Gasteiger partial charge in [-0.25, -0.2) is 5.43 Å². The Labute approximate surface area is 212 Å². The number of ether oxygens (including phenoxy) is 2. The molecule has 2 amide bonds. The van der Waals surface area contributed by atoms with E-state index in [1.165, 1.54) is 18.2 Å². The number of hydrogen-bond acceptors (Lipinski definition) is 8. The number of nitrogens with one attached hydrogen (secondary N) is 2. The Bertz CT molecular complexity index is 1380. The Kier molecular flexibility index (Phi) is 7.43. The number of nitro groups is 1. The number of carbonyl (C=O) groups excluding carboxylic acids is 2. The highest BCUT2D eigenvalue weighted by Crippen LogP contribution is 2.37.